The Balaban J connectivity index is 2.15. The second-order valence-corrected chi connectivity index (χ2v) is 6.22. The van der Waals surface area contributed by atoms with Crippen molar-refractivity contribution in [1.82, 2.24) is 9.88 Å². The van der Waals surface area contributed by atoms with Gasteiger partial charge < -0.3 is 19.7 Å². The van der Waals surface area contributed by atoms with Crippen molar-refractivity contribution in [1.29, 1.82) is 0 Å². The zero-order valence-corrected chi connectivity index (χ0v) is 14.3. The molecule has 0 aromatic carbocycles. The van der Waals surface area contributed by atoms with E-state index in [9.17, 15) is 14.7 Å². The second kappa shape index (κ2) is 7.17. The van der Waals surface area contributed by atoms with Gasteiger partial charge in [-0.15, -0.1) is 0 Å². The summed E-state index contributed by atoms with van der Waals surface area (Å²) in [6, 6.07) is 0. The molecule has 1 atom stereocenters. The van der Waals surface area contributed by atoms with Gasteiger partial charge in [0.25, 0.3) is 5.91 Å². The quantitative estimate of drug-likeness (QED) is 0.831. The van der Waals surface area contributed by atoms with Crippen LogP contribution in [0.2, 0.25) is 0 Å². The van der Waals surface area contributed by atoms with Crippen molar-refractivity contribution >= 4 is 11.9 Å². The van der Waals surface area contributed by atoms with Crippen LogP contribution in [0.1, 0.15) is 58.8 Å². The van der Waals surface area contributed by atoms with Crippen LogP contribution in [0.25, 0.3) is 0 Å². The van der Waals surface area contributed by atoms with Gasteiger partial charge in [-0.05, 0) is 52.0 Å². The van der Waals surface area contributed by atoms with Crippen LogP contribution in [-0.4, -0.2) is 52.7 Å². The lowest BCUT2D eigenvalue weighted by Gasteiger charge is -2.33. The number of nitrogens with one attached hydrogen (secondary N) is 1. The fourth-order valence-electron chi connectivity index (χ4n) is 3.22. The third-order valence-corrected chi connectivity index (χ3v) is 4.64. The molecule has 23 heavy (non-hydrogen) atoms. The first-order valence-corrected chi connectivity index (χ1v) is 8.20. The molecule has 0 spiro atoms. The monoisotopic (exact) mass is 322 g/mol. The zero-order chi connectivity index (χ0) is 17.1. The van der Waals surface area contributed by atoms with Gasteiger partial charge in [0.15, 0.2) is 0 Å². The average Bonchev–Trinajstić information content (AvgIpc) is 2.81. The van der Waals surface area contributed by atoms with E-state index < -0.39 is 5.97 Å². The highest BCUT2D eigenvalue weighted by molar-refractivity contribution is 6.00. The molecule has 2 rings (SSSR count). The van der Waals surface area contributed by atoms with Crippen LogP contribution < -0.4 is 0 Å². The standard InChI is InChI=1S/C17H26N2O4/c1-5-23-17(22)14-10(2)15(18-11(14)3)16(21)19-8-6-13(7-9-19)12(4)20/h12-13,18,20H,5-9H2,1-4H3. The van der Waals surface area contributed by atoms with E-state index in [1.165, 1.54) is 0 Å². The lowest BCUT2D eigenvalue weighted by atomic mass is 9.92. The maximum absolute atomic E-state index is 12.7. The molecule has 1 fully saturated rings. The molecule has 1 aliphatic rings. The van der Waals surface area contributed by atoms with E-state index in [-0.39, 0.29) is 17.9 Å². The Morgan fingerprint density at radius 3 is 2.48 bits per heavy atom. The summed E-state index contributed by atoms with van der Waals surface area (Å²) in [5.41, 5.74) is 2.21. The molecular formula is C17H26N2O4. The van der Waals surface area contributed by atoms with Crippen LogP contribution in [0, 0.1) is 19.8 Å². The van der Waals surface area contributed by atoms with Crippen molar-refractivity contribution in [3.63, 3.8) is 0 Å². The van der Waals surface area contributed by atoms with E-state index in [4.69, 9.17) is 4.74 Å². The summed E-state index contributed by atoms with van der Waals surface area (Å²) in [6.45, 7) is 8.65. The molecule has 0 radical (unpaired) electrons. The summed E-state index contributed by atoms with van der Waals surface area (Å²) < 4.78 is 5.06. The van der Waals surface area contributed by atoms with E-state index in [2.05, 4.69) is 4.98 Å². The molecule has 6 heteroatoms. The number of rotatable bonds is 4. The minimum absolute atomic E-state index is 0.0924. The molecular weight excluding hydrogens is 296 g/mol. The number of piperidine rings is 1. The van der Waals surface area contributed by atoms with Gasteiger partial charge in [-0.1, -0.05) is 0 Å². The number of ether oxygens (including phenoxy) is 1. The van der Waals surface area contributed by atoms with Gasteiger partial charge in [0.1, 0.15) is 5.69 Å². The summed E-state index contributed by atoms with van der Waals surface area (Å²) in [6.07, 6.45) is 1.26. The smallest absolute Gasteiger partial charge is 0.340 e. The topological polar surface area (TPSA) is 82.6 Å². The molecule has 1 unspecified atom stereocenters. The number of aromatic nitrogens is 1. The second-order valence-electron chi connectivity index (χ2n) is 6.22. The predicted molar refractivity (Wildman–Crippen MR) is 86.5 cm³/mol. The highest BCUT2D eigenvalue weighted by Crippen LogP contribution is 2.24. The van der Waals surface area contributed by atoms with Crippen LogP contribution in [0.5, 0.6) is 0 Å². The molecule has 2 N–H and O–H groups in total. The molecule has 128 valence electrons. The fraction of sp³-hybridized carbons (Fsp3) is 0.647. The van der Waals surface area contributed by atoms with Crippen molar-refractivity contribution in [2.75, 3.05) is 19.7 Å². The summed E-state index contributed by atoms with van der Waals surface area (Å²) in [5.74, 6) is -0.239. The van der Waals surface area contributed by atoms with E-state index in [0.29, 0.717) is 42.2 Å². The number of aryl methyl sites for hydroxylation is 1. The first-order chi connectivity index (χ1) is 10.9. The third kappa shape index (κ3) is 3.58. The molecule has 2 heterocycles. The highest BCUT2D eigenvalue weighted by atomic mass is 16.5. The molecule has 1 aromatic rings. The number of nitrogens with zero attached hydrogens (tertiary/aromatic N) is 1. The van der Waals surface area contributed by atoms with E-state index in [1.807, 2.05) is 0 Å². The summed E-state index contributed by atoms with van der Waals surface area (Å²) in [5, 5.41) is 9.65. The minimum atomic E-state index is -0.398. The van der Waals surface area contributed by atoms with Gasteiger partial charge in [0, 0.05) is 18.8 Å². The molecule has 1 saturated heterocycles. The number of amides is 1. The summed E-state index contributed by atoms with van der Waals surface area (Å²) in [4.78, 5) is 29.6. The highest BCUT2D eigenvalue weighted by Gasteiger charge is 2.29. The minimum Gasteiger partial charge on any atom is -0.462 e. The Labute approximate surface area is 136 Å². The number of hydrogen-bond acceptors (Lipinski definition) is 4. The maximum Gasteiger partial charge on any atom is 0.340 e. The van der Waals surface area contributed by atoms with Crippen LogP contribution >= 0.6 is 0 Å². The van der Waals surface area contributed by atoms with Crippen LogP contribution in [0.4, 0.5) is 0 Å². The molecule has 1 aliphatic heterocycles. The maximum atomic E-state index is 12.7. The molecule has 1 amide bonds. The van der Waals surface area contributed by atoms with Gasteiger partial charge in [-0.3, -0.25) is 4.79 Å². The lowest BCUT2D eigenvalue weighted by Crippen LogP contribution is -2.41. The van der Waals surface area contributed by atoms with Crippen molar-refractivity contribution < 1.29 is 19.4 Å². The zero-order valence-electron chi connectivity index (χ0n) is 14.3. The summed E-state index contributed by atoms with van der Waals surface area (Å²) in [7, 11) is 0. The van der Waals surface area contributed by atoms with Crippen LogP contribution in [-0.2, 0) is 4.74 Å². The number of aliphatic hydroxyl groups excluding tert-OH is 1. The van der Waals surface area contributed by atoms with Crippen molar-refractivity contribution in [2.45, 2.75) is 46.6 Å². The first-order valence-electron chi connectivity index (χ1n) is 8.20. The Morgan fingerprint density at radius 2 is 1.96 bits per heavy atom. The van der Waals surface area contributed by atoms with E-state index in [0.717, 1.165) is 12.8 Å². The Morgan fingerprint density at radius 1 is 1.35 bits per heavy atom. The molecule has 6 nitrogen and oxygen atoms in total. The van der Waals surface area contributed by atoms with Crippen LogP contribution in [0.15, 0.2) is 0 Å². The van der Waals surface area contributed by atoms with Crippen molar-refractivity contribution in [3.05, 3.63) is 22.5 Å². The lowest BCUT2D eigenvalue weighted by molar-refractivity contribution is 0.0517. The molecule has 0 aliphatic carbocycles. The Hall–Kier alpha value is -1.82. The van der Waals surface area contributed by atoms with E-state index in [1.54, 1.807) is 32.6 Å². The molecule has 0 bridgehead atoms. The van der Waals surface area contributed by atoms with Gasteiger partial charge in [0.2, 0.25) is 0 Å². The number of likely N-dealkylation sites (tertiary alicyclic amines) is 1. The van der Waals surface area contributed by atoms with Crippen LogP contribution in [0.3, 0.4) is 0 Å². The predicted octanol–water partition coefficient (Wildman–Crippen LogP) is 2.04. The van der Waals surface area contributed by atoms with Gasteiger partial charge in [-0.2, -0.15) is 0 Å². The number of carbonyl (C=O) groups excluding carboxylic acids is 2. The van der Waals surface area contributed by atoms with Crippen molar-refractivity contribution in [3.8, 4) is 0 Å². The Kier molecular flexibility index (Phi) is 5.46. The fourth-order valence-corrected chi connectivity index (χ4v) is 3.22. The third-order valence-electron chi connectivity index (χ3n) is 4.64. The molecule has 1 aromatic heterocycles. The van der Waals surface area contributed by atoms with E-state index >= 15 is 0 Å². The number of aliphatic hydroxyl groups is 1. The molecule has 0 saturated carbocycles. The van der Waals surface area contributed by atoms with Crippen molar-refractivity contribution in [2.24, 2.45) is 5.92 Å². The number of H-pyrrole nitrogens is 1. The number of esters is 1. The van der Waals surface area contributed by atoms with Gasteiger partial charge in [-0.25, -0.2) is 4.79 Å². The summed E-state index contributed by atoms with van der Waals surface area (Å²) >= 11 is 0. The Bertz CT molecular complexity index is 584. The average molecular weight is 322 g/mol. The normalized spacial score (nSPS) is 17.2. The number of carbonyl (C=O) groups is 2. The largest absolute Gasteiger partial charge is 0.462 e. The number of aromatic amines is 1. The number of hydrogen-bond donors (Lipinski definition) is 2. The SMILES string of the molecule is CCOC(=O)c1c(C)[nH]c(C(=O)N2CCC(C(C)O)CC2)c1C. The first kappa shape index (κ1) is 17.5. The van der Waals surface area contributed by atoms with Gasteiger partial charge >= 0.3 is 5.97 Å². The van der Waals surface area contributed by atoms with Gasteiger partial charge in [0.05, 0.1) is 18.3 Å².